The van der Waals surface area contributed by atoms with Gasteiger partial charge in [-0.15, -0.1) is 0 Å². The average molecular weight is 277 g/mol. The van der Waals surface area contributed by atoms with E-state index in [1.807, 2.05) is 48.3 Å². The molecular weight excluding hydrogens is 260 g/mol. The summed E-state index contributed by atoms with van der Waals surface area (Å²) in [5, 5.41) is 10.5. The van der Waals surface area contributed by atoms with E-state index in [9.17, 15) is 5.11 Å². The number of rotatable bonds is 4. The van der Waals surface area contributed by atoms with Crippen LogP contribution in [0.1, 0.15) is 24.2 Å². The summed E-state index contributed by atoms with van der Waals surface area (Å²) in [5.74, 6) is 0.775. The van der Waals surface area contributed by atoms with Crippen LogP contribution in [0.2, 0.25) is 5.02 Å². The Balaban J connectivity index is 2.26. The van der Waals surface area contributed by atoms with Crippen LogP contribution in [0.5, 0.6) is 0 Å². The minimum atomic E-state index is -0.544. The highest BCUT2D eigenvalue weighted by atomic mass is 35.5. The van der Waals surface area contributed by atoms with Crippen LogP contribution in [0.4, 0.5) is 5.82 Å². The Hall–Kier alpha value is -1.58. The Kier molecular flexibility index (Phi) is 4.40. The highest BCUT2D eigenvalue weighted by molar-refractivity contribution is 6.31. The highest BCUT2D eigenvalue weighted by Gasteiger charge is 2.13. The second kappa shape index (κ2) is 6.04. The molecule has 1 N–H and O–H groups in total. The van der Waals surface area contributed by atoms with E-state index in [1.54, 1.807) is 13.1 Å². The van der Waals surface area contributed by atoms with Crippen molar-refractivity contribution in [3.8, 4) is 0 Å². The molecule has 1 heterocycles. The minimum absolute atomic E-state index is 0.544. The molecule has 0 radical (unpaired) electrons. The van der Waals surface area contributed by atoms with E-state index in [1.165, 1.54) is 0 Å². The van der Waals surface area contributed by atoms with Gasteiger partial charge in [0.25, 0.3) is 0 Å². The van der Waals surface area contributed by atoms with Crippen LogP contribution >= 0.6 is 11.6 Å². The van der Waals surface area contributed by atoms with Crippen molar-refractivity contribution < 1.29 is 5.11 Å². The second-order valence-corrected chi connectivity index (χ2v) is 4.95. The Morgan fingerprint density at radius 2 is 2.00 bits per heavy atom. The van der Waals surface area contributed by atoms with E-state index in [0.717, 1.165) is 22.0 Å². The first-order chi connectivity index (χ1) is 9.09. The number of halogens is 1. The molecule has 1 atom stereocenters. The molecule has 4 heteroatoms. The monoisotopic (exact) mass is 276 g/mol. The molecule has 1 aromatic heterocycles. The van der Waals surface area contributed by atoms with Crippen molar-refractivity contribution in [1.82, 2.24) is 4.98 Å². The van der Waals surface area contributed by atoms with Crippen molar-refractivity contribution in [3.63, 3.8) is 0 Å². The molecule has 0 bridgehead atoms. The lowest BCUT2D eigenvalue weighted by atomic mass is 10.1. The van der Waals surface area contributed by atoms with Crippen molar-refractivity contribution >= 4 is 17.4 Å². The zero-order valence-corrected chi connectivity index (χ0v) is 11.8. The maximum Gasteiger partial charge on any atom is 0.134 e. The van der Waals surface area contributed by atoms with Crippen LogP contribution in [0, 0.1) is 0 Å². The third-order valence-corrected chi connectivity index (χ3v) is 3.36. The number of hydrogen-bond donors (Lipinski definition) is 1. The van der Waals surface area contributed by atoms with E-state index in [4.69, 9.17) is 11.6 Å². The molecule has 2 aromatic rings. The summed E-state index contributed by atoms with van der Waals surface area (Å²) in [6, 6.07) is 11.4. The van der Waals surface area contributed by atoms with Crippen molar-refractivity contribution in [3.05, 3.63) is 58.7 Å². The lowest BCUT2D eigenvalue weighted by molar-refractivity contribution is 0.199. The number of hydrogen-bond acceptors (Lipinski definition) is 3. The Bertz CT molecular complexity index is 557. The smallest absolute Gasteiger partial charge is 0.134 e. The topological polar surface area (TPSA) is 36.4 Å². The number of aliphatic hydroxyl groups is 1. The van der Waals surface area contributed by atoms with Crippen molar-refractivity contribution in [1.29, 1.82) is 0 Å². The lowest BCUT2D eigenvalue weighted by Crippen LogP contribution is -2.20. The van der Waals surface area contributed by atoms with Gasteiger partial charge in [-0.25, -0.2) is 4.98 Å². The fourth-order valence-electron chi connectivity index (χ4n) is 2.01. The molecule has 0 spiro atoms. The van der Waals surface area contributed by atoms with Crippen LogP contribution < -0.4 is 4.90 Å². The van der Waals surface area contributed by atoms with Crippen LogP contribution in [0.3, 0.4) is 0 Å². The van der Waals surface area contributed by atoms with Gasteiger partial charge in [0.1, 0.15) is 5.82 Å². The van der Waals surface area contributed by atoms with Crippen LogP contribution in [-0.4, -0.2) is 17.1 Å². The molecule has 0 aliphatic carbocycles. The SMILES string of the molecule is C[C@H](O)c1cccnc1N(C)Cc1ccccc1Cl. The number of nitrogens with zero attached hydrogens (tertiary/aromatic N) is 2. The molecule has 3 nitrogen and oxygen atoms in total. The molecule has 1 aromatic carbocycles. The minimum Gasteiger partial charge on any atom is -0.389 e. The molecule has 0 aliphatic rings. The zero-order valence-electron chi connectivity index (χ0n) is 11.0. The lowest BCUT2D eigenvalue weighted by Gasteiger charge is -2.22. The van der Waals surface area contributed by atoms with Crippen molar-refractivity contribution in [2.45, 2.75) is 19.6 Å². The number of benzene rings is 1. The normalized spacial score (nSPS) is 12.2. The molecular formula is C15H17ClN2O. The van der Waals surface area contributed by atoms with Gasteiger partial charge < -0.3 is 10.0 Å². The average Bonchev–Trinajstić information content (AvgIpc) is 2.41. The fourth-order valence-corrected chi connectivity index (χ4v) is 2.21. The predicted molar refractivity (Wildman–Crippen MR) is 78.4 cm³/mol. The van der Waals surface area contributed by atoms with Crippen molar-refractivity contribution in [2.75, 3.05) is 11.9 Å². The van der Waals surface area contributed by atoms with E-state index in [2.05, 4.69) is 4.98 Å². The summed E-state index contributed by atoms with van der Waals surface area (Å²) in [6.07, 6.45) is 1.18. The van der Waals surface area contributed by atoms with Crippen LogP contribution in [0.15, 0.2) is 42.6 Å². The van der Waals surface area contributed by atoms with Gasteiger partial charge in [-0.1, -0.05) is 35.9 Å². The quantitative estimate of drug-likeness (QED) is 0.929. The van der Waals surface area contributed by atoms with Gasteiger partial charge in [-0.2, -0.15) is 0 Å². The third-order valence-electron chi connectivity index (χ3n) is 2.99. The van der Waals surface area contributed by atoms with Gasteiger partial charge in [0.2, 0.25) is 0 Å². The standard InChI is InChI=1S/C15H17ClN2O/c1-11(19)13-7-5-9-17-15(13)18(2)10-12-6-3-4-8-14(12)16/h3-9,11,19H,10H2,1-2H3/t11-/m0/s1. The summed E-state index contributed by atoms with van der Waals surface area (Å²) in [6.45, 7) is 2.39. The van der Waals surface area contributed by atoms with Gasteiger partial charge in [0, 0.05) is 30.4 Å². The maximum absolute atomic E-state index is 9.78. The van der Waals surface area contributed by atoms with E-state index < -0.39 is 6.10 Å². The number of anilines is 1. The summed E-state index contributed by atoms with van der Waals surface area (Å²) in [7, 11) is 1.94. The molecule has 19 heavy (non-hydrogen) atoms. The molecule has 0 amide bonds. The first kappa shape index (κ1) is 13.8. The molecule has 0 unspecified atom stereocenters. The van der Waals surface area contributed by atoms with Crippen LogP contribution in [-0.2, 0) is 6.54 Å². The first-order valence-corrected chi connectivity index (χ1v) is 6.55. The number of pyridine rings is 1. The number of aromatic nitrogens is 1. The summed E-state index contributed by atoms with van der Waals surface area (Å²) in [4.78, 5) is 6.34. The fraction of sp³-hybridized carbons (Fsp3) is 0.267. The Morgan fingerprint density at radius 1 is 1.26 bits per heavy atom. The molecule has 100 valence electrons. The summed E-state index contributed by atoms with van der Waals surface area (Å²) >= 11 is 6.16. The second-order valence-electron chi connectivity index (χ2n) is 4.54. The van der Waals surface area contributed by atoms with E-state index >= 15 is 0 Å². The number of aliphatic hydroxyl groups excluding tert-OH is 1. The van der Waals surface area contributed by atoms with Gasteiger partial charge in [-0.3, -0.25) is 0 Å². The molecule has 0 fully saturated rings. The van der Waals surface area contributed by atoms with Crippen molar-refractivity contribution in [2.24, 2.45) is 0 Å². The molecule has 0 saturated heterocycles. The van der Waals surface area contributed by atoms with Gasteiger partial charge in [0.05, 0.1) is 6.10 Å². The highest BCUT2D eigenvalue weighted by Crippen LogP contribution is 2.25. The third kappa shape index (κ3) is 3.25. The van der Waals surface area contributed by atoms with Gasteiger partial charge in [-0.05, 0) is 24.6 Å². The molecule has 2 rings (SSSR count). The van der Waals surface area contributed by atoms with E-state index in [-0.39, 0.29) is 0 Å². The predicted octanol–water partition coefficient (Wildman–Crippen LogP) is 3.42. The summed E-state index contributed by atoms with van der Waals surface area (Å²) < 4.78 is 0. The Labute approximate surface area is 118 Å². The molecule has 0 aliphatic heterocycles. The zero-order chi connectivity index (χ0) is 13.8. The summed E-state index contributed by atoms with van der Waals surface area (Å²) in [5.41, 5.74) is 1.85. The van der Waals surface area contributed by atoms with E-state index in [0.29, 0.717) is 6.54 Å². The maximum atomic E-state index is 9.78. The van der Waals surface area contributed by atoms with Gasteiger partial charge in [0.15, 0.2) is 0 Å². The molecule has 0 saturated carbocycles. The Morgan fingerprint density at radius 3 is 2.68 bits per heavy atom. The van der Waals surface area contributed by atoms with Gasteiger partial charge >= 0.3 is 0 Å². The van der Waals surface area contributed by atoms with Crippen LogP contribution in [0.25, 0.3) is 0 Å². The largest absolute Gasteiger partial charge is 0.389 e. The first-order valence-electron chi connectivity index (χ1n) is 6.17.